The van der Waals surface area contributed by atoms with Crippen LogP contribution in [0.15, 0.2) is 66.7 Å². The molecule has 42 heavy (non-hydrogen) atoms. The zero-order valence-corrected chi connectivity index (χ0v) is 23.8. The Hall–Kier alpha value is -4.29. The molecule has 1 aliphatic rings. The molecule has 0 N–H and O–H groups in total. The van der Waals surface area contributed by atoms with Crippen molar-refractivity contribution in [3.63, 3.8) is 0 Å². The first-order chi connectivity index (χ1) is 20.3. The highest BCUT2D eigenvalue weighted by molar-refractivity contribution is 5.98. The predicted molar refractivity (Wildman–Crippen MR) is 152 cm³/mol. The largest absolute Gasteiger partial charge is 0.493 e. The number of hydrogen-bond donors (Lipinski definition) is 0. The summed E-state index contributed by atoms with van der Waals surface area (Å²) < 4.78 is 43.6. The number of nitriles is 1. The highest BCUT2D eigenvalue weighted by Crippen LogP contribution is 2.44. The minimum absolute atomic E-state index is 0.0303. The van der Waals surface area contributed by atoms with Gasteiger partial charge >= 0.3 is 5.97 Å². The van der Waals surface area contributed by atoms with Gasteiger partial charge in [0.2, 0.25) is 0 Å². The average molecular weight is 577 g/mol. The molecular weight excluding hydrogens is 542 g/mol. The van der Waals surface area contributed by atoms with Crippen molar-refractivity contribution in [2.75, 3.05) is 40.0 Å². The third kappa shape index (κ3) is 7.12. The van der Waals surface area contributed by atoms with Gasteiger partial charge in [0.05, 0.1) is 19.8 Å². The molecule has 1 saturated heterocycles. The van der Waals surface area contributed by atoms with E-state index in [0.717, 1.165) is 38.9 Å². The molecule has 0 aliphatic carbocycles. The number of ketones is 1. The summed E-state index contributed by atoms with van der Waals surface area (Å²) in [7, 11) is 1.49. The molecule has 220 valence electrons. The van der Waals surface area contributed by atoms with Crippen molar-refractivity contribution in [2.45, 2.75) is 31.6 Å². The fraction of sp³-hybridized carbons (Fsp3) is 0.364. The Morgan fingerprint density at radius 3 is 2.07 bits per heavy atom. The first-order valence-electron chi connectivity index (χ1n) is 13.9. The maximum absolute atomic E-state index is 13.7. The number of hydrogen-bond acceptors (Lipinski definition) is 7. The Morgan fingerprint density at radius 2 is 1.55 bits per heavy atom. The van der Waals surface area contributed by atoms with Crippen LogP contribution in [0.25, 0.3) is 0 Å². The molecule has 0 bridgehead atoms. The van der Waals surface area contributed by atoms with E-state index in [1.807, 2.05) is 0 Å². The van der Waals surface area contributed by atoms with Crippen LogP contribution in [0.3, 0.4) is 0 Å². The summed E-state index contributed by atoms with van der Waals surface area (Å²) in [5.74, 6) is -0.706. The van der Waals surface area contributed by atoms with Crippen LogP contribution in [0, 0.1) is 28.9 Å². The monoisotopic (exact) mass is 576 g/mol. The molecule has 0 saturated carbocycles. The Balaban J connectivity index is 1.34. The number of benzene rings is 3. The van der Waals surface area contributed by atoms with Gasteiger partial charge in [0.25, 0.3) is 0 Å². The van der Waals surface area contributed by atoms with E-state index in [2.05, 4.69) is 11.0 Å². The van der Waals surface area contributed by atoms with Gasteiger partial charge in [-0.15, -0.1) is 0 Å². The van der Waals surface area contributed by atoms with Gasteiger partial charge in [-0.25, -0.2) is 8.78 Å². The second-order valence-corrected chi connectivity index (χ2v) is 10.3. The van der Waals surface area contributed by atoms with E-state index in [4.69, 9.17) is 14.2 Å². The minimum Gasteiger partial charge on any atom is -0.493 e. The smallest absolute Gasteiger partial charge is 0.303 e. The lowest BCUT2D eigenvalue weighted by molar-refractivity contribution is -0.139. The van der Waals surface area contributed by atoms with Crippen LogP contribution in [0.5, 0.6) is 11.5 Å². The second kappa shape index (κ2) is 14.1. The number of ether oxygens (including phenoxy) is 3. The summed E-state index contributed by atoms with van der Waals surface area (Å²) in [5, 5.41) is 10.5. The first kappa shape index (κ1) is 30.7. The maximum Gasteiger partial charge on any atom is 0.303 e. The van der Waals surface area contributed by atoms with E-state index < -0.39 is 11.4 Å². The summed E-state index contributed by atoms with van der Waals surface area (Å²) in [5.41, 5.74) is 0.757. The van der Waals surface area contributed by atoms with Gasteiger partial charge in [0.15, 0.2) is 23.9 Å². The molecule has 3 aromatic rings. The SMILES string of the molecule is COc1cc(C(=O)COC(C)=O)ccc1OCCCN1CCC(C(C#N)(c2ccc(F)cc2)c2ccc(F)cc2)CC1. The number of methoxy groups -OCH3 is 1. The zero-order chi connectivity index (χ0) is 30.1. The van der Waals surface area contributed by atoms with Crippen LogP contribution in [0.2, 0.25) is 0 Å². The zero-order valence-electron chi connectivity index (χ0n) is 23.8. The molecular formula is C33H34F2N2O5. The number of Topliss-reactive ketones (excluding diaryl/α,β-unsaturated/α-hetero) is 1. The normalized spacial score (nSPS) is 14.2. The van der Waals surface area contributed by atoms with Gasteiger partial charge in [-0.05, 0) is 91.9 Å². The van der Waals surface area contributed by atoms with Gasteiger partial charge in [-0.1, -0.05) is 24.3 Å². The average Bonchev–Trinajstić information content (AvgIpc) is 3.01. The van der Waals surface area contributed by atoms with Crippen LogP contribution >= 0.6 is 0 Å². The standard InChI is InChI=1S/C33H34F2N2O5/c1-23(38)42-21-30(39)24-4-13-31(32(20-24)40-2)41-19-3-16-37-17-14-27(15-18-37)33(22-36,25-5-9-28(34)10-6-25)26-7-11-29(35)12-8-26/h4-13,20,27H,3,14-19,21H2,1-2H3. The van der Waals surface area contributed by atoms with E-state index in [9.17, 15) is 23.6 Å². The number of rotatable bonds is 12. The van der Waals surface area contributed by atoms with Crippen molar-refractivity contribution in [1.82, 2.24) is 4.90 Å². The fourth-order valence-electron chi connectivity index (χ4n) is 5.55. The van der Waals surface area contributed by atoms with E-state index in [1.165, 1.54) is 38.3 Å². The molecule has 1 fully saturated rings. The number of esters is 1. The Labute approximate surface area is 244 Å². The van der Waals surface area contributed by atoms with Crippen LogP contribution in [0.4, 0.5) is 8.78 Å². The van der Waals surface area contributed by atoms with E-state index in [1.54, 1.807) is 42.5 Å². The van der Waals surface area contributed by atoms with Gasteiger partial charge < -0.3 is 19.1 Å². The molecule has 0 amide bonds. The van der Waals surface area contributed by atoms with Crippen molar-refractivity contribution < 1.29 is 32.6 Å². The summed E-state index contributed by atoms with van der Waals surface area (Å²) in [6.07, 6.45) is 2.25. The molecule has 3 aromatic carbocycles. The van der Waals surface area contributed by atoms with Gasteiger partial charge in [-0.2, -0.15) is 5.26 Å². The van der Waals surface area contributed by atoms with Gasteiger partial charge in [-0.3, -0.25) is 9.59 Å². The van der Waals surface area contributed by atoms with Gasteiger partial charge in [0, 0.05) is 19.0 Å². The number of halogens is 2. The molecule has 1 aliphatic heterocycles. The third-order valence-electron chi connectivity index (χ3n) is 7.74. The molecule has 0 spiro atoms. The number of nitrogens with zero attached hydrogens (tertiary/aromatic N) is 2. The van der Waals surface area contributed by atoms with E-state index in [0.29, 0.717) is 34.8 Å². The molecule has 0 atom stereocenters. The number of carbonyl (C=O) groups is 2. The highest BCUT2D eigenvalue weighted by Gasteiger charge is 2.43. The lowest BCUT2D eigenvalue weighted by atomic mass is 9.63. The predicted octanol–water partition coefficient (Wildman–Crippen LogP) is 5.71. The molecule has 1 heterocycles. The lowest BCUT2D eigenvalue weighted by Crippen LogP contribution is -2.44. The lowest BCUT2D eigenvalue weighted by Gasteiger charge is -2.41. The van der Waals surface area contributed by atoms with Crippen molar-refractivity contribution in [1.29, 1.82) is 5.26 Å². The molecule has 7 nitrogen and oxygen atoms in total. The quantitative estimate of drug-likeness (QED) is 0.155. The Morgan fingerprint density at radius 1 is 0.952 bits per heavy atom. The third-order valence-corrected chi connectivity index (χ3v) is 7.74. The fourth-order valence-corrected chi connectivity index (χ4v) is 5.55. The molecule has 9 heteroatoms. The van der Waals surface area contributed by atoms with Crippen LogP contribution in [0.1, 0.15) is 47.7 Å². The van der Waals surface area contributed by atoms with Gasteiger partial charge in [0.1, 0.15) is 17.0 Å². The Kier molecular flexibility index (Phi) is 10.3. The van der Waals surface area contributed by atoms with Crippen LogP contribution < -0.4 is 9.47 Å². The minimum atomic E-state index is -1.01. The summed E-state index contributed by atoms with van der Waals surface area (Å²) >= 11 is 0. The number of carbonyl (C=O) groups excluding carboxylic acids is 2. The second-order valence-electron chi connectivity index (χ2n) is 10.3. The number of piperidine rings is 1. The number of likely N-dealkylation sites (tertiary alicyclic amines) is 1. The molecule has 0 aromatic heterocycles. The topological polar surface area (TPSA) is 88.9 Å². The molecule has 0 unspecified atom stereocenters. The maximum atomic E-state index is 13.7. The summed E-state index contributed by atoms with van der Waals surface area (Å²) in [6.45, 7) is 3.69. The molecule has 0 radical (unpaired) electrons. The summed E-state index contributed by atoms with van der Waals surface area (Å²) in [4.78, 5) is 25.5. The van der Waals surface area contributed by atoms with E-state index in [-0.39, 0.29) is 29.9 Å². The van der Waals surface area contributed by atoms with Crippen molar-refractivity contribution in [3.05, 3.63) is 95.1 Å². The molecule has 4 rings (SSSR count). The van der Waals surface area contributed by atoms with Crippen molar-refractivity contribution in [3.8, 4) is 17.6 Å². The van der Waals surface area contributed by atoms with Crippen LogP contribution in [-0.2, 0) is 14.9 Å². The highest BCUT2D eigenvalue weighted by atomic mass is 19.1. The first-order valence-corrected chi connectivity index (χ1v) is 13.9. The van der Waals surface area contributed by atoms with Crippen molar-refractivity contribution >= 4 is 11.8 Å². The summed E-state index contributed by atoms with van der Waals surface area (Å²) in [6, 6.07) is 19.5. The Bertz CT molecular complexity index is 1370. The van der Waals surface area contributed by atoms with E-state index >= 15 is 0 Å². The van der Waals surface area contributed by atoms with Crippen LogP contribution in [-0.4, -0.2) is 56.6 Å². The van der Waals surface area contributed by atoms with Crippen molar-refractivity contribution in [2.24, 2.45) is 5.92 Å².